The van der Waals surface area contributed by atoms with E-state index in [1.807, 2.05) is 25.1 Å². The Morgan fingerprint density at radius 3 is 2.50 bits per heavy atom. The molecule has 0 aromatic heterocycles. The molecule has 4 nitrogen and oxygen atoms in total. The number of phenolic OH excluding ortho intramolecular Hbond substituents is 1. The molecular formula is C18H16O4. The van der Waals surface area contributed by atoms with E-state index in [2.05, 4.69) is 4.74 Å². The number of aromatic hydroxyl groups is 1. The number of ether oxygens (including phenoxy) is 1. The van der Waals surface area contributed by atoms with E-state index in [9.17, 15) is 14.7 Å². The topological polar surface area (TPSA) is 63.6 Å². The van der Waals surface area contributed by atoms with Crippen molar-refractivity contribution < 1.29 is 19.4 Å². The number of phenols is 1. The molecular weight excluding hydrogens is 280 g/mol. The Labute approximate surface area is 128 Å². The second-order valence-corrected chi connectivity index (χ2v) is 4.68. The summed E-state index contributed by atoms with van der Waals surface area (Å²) in [5.41, 5.74) is 1.71. The van der Waals surface area contributed by atoms with Gasteiger partial charge in [-0.1, -0.05) is 30.4 Å². The summed E-state index contributed by atoms with van der Waals surface area (Å²) in [6, 6.07) is 11.2. The zero-order chi connectivity index (χ0) is 16.1. The number of esters is 1. The van der Waals surface area contributed by atoms with Crippen molar-refractivity contribution in [2.24, 2.45) is 0 Å². The first-order valence-electron chi connectivity index (χ1n) is 6.75. The molecule has 0 spiro atoms. The van der Waals surface area contributed by atoms with E-state index in [0.717, 1.165) is 5.56 Å². The van der Waals surface area contributed by atoms with Crippen molar-refractivity contribution in [1.29, 1.82) is 0 Å². The van der Waals surface area contributed by atoms with Crippen LogP contribution in [0.2, 0.25) is 0 Å². The van der Waals surface area contributed by atoms with Crippen LogP contribution >= 0.6 is 0 Å². The van der Waals surface area contributed by atoms with Crippen LogP contribution < -0.4 is 0 Å². The molecule has 0 saturated heterocycles. The van der Waals surface area contributed by atoms with Crippen LogP contribution in [0.15, 0.2) is 48.5 Å². The Balaban J connectivity index is 2.37. The maximum absolute atomic E-state index is 12.5. The lowest BCUT2D eigenvalue weighted by molar-refractivity contribution is 0.0600. The highest BCUT2D eigenvalue weighted by Gasteiger charge is 2.16. The zero-order valence-electron chi connectivity index (χ0n) is 12.4. The van der Waals surface area contributed by atoms with Gasteiger partial charge in [0.1, 0.15) is 5.75 Å². The number of carbonyl (C=O) groups excluding carboxylic acids is 2. The van der Waals surface area contributed by atoms with Gasteiger partial charge in [0, 0.05) is 5.56 Å². The summed E-state index contributed by atoms with van der Waals surface area (Å²) in [6.45, 7) is 1.89. The molecule has 0 bridgehead atoms. The predicted molar refractivity (Wildman–Crippen MR) is 84.0 cm³/mol. The first kappa shape index (κ1) is 15.5. The molecule has 0 aliphatic carbocycles. The van der Waals surface area contributed by atoms with E-state index in [1.54, 1.807) is 18.2 Å². The standard InChI is InChI=1S/C18H16O4/c1-3-5-12-6-4-7-13(10-12)17(20)15-9-8-14(11-16(15)19)18(21)22-2/h3-11,19H,1-2H3. The Hall–Kier alpha value is -2.88. The van der Waals surface area contributed by atoms with Gasteiger partial charge in [0.2, 0.25) is 0 Å². The minimum Gasteiger partial charge on any atom is -0.507 e. The van der Waals surface area contributed by atoms with Gasteiger partial charge >= 0.3 is 5.97 Å². The van der Waals surface area contributed by atoms with Gasteiger partial charge in [-0.15, -0.1) is 0 Å². The van der Waals surface area contributed by atoms with Crippen molar-refractivity contribution >= 4 is 17.8 Å². The van der Waals surface area contributed by atoms with Crippen molar-refractivity contribution in [2.75, 3.05) is 7.11 Å². The van der Waals surface area contributed by atoms with Crippen molar-refractivity contribution in [3.63, 3.8) is 0 Å². The number of benzene rings is 2. The molecule has 0 fully saturated rings. The van der Waals surface area contributed by atoms with Crippen LogP contribution in [0, 0.1) is 0 Å². The van der Waals surface area contributed by atoms with E-state index >= 15 is 0 Å². The largest absolute Gasteiger partial charge is 0.507 e. The number of carbonyl (C=O) groups is 2. The molecule has 2 aromatic rings. The SMILES string of the molecule is CC=Cc1cccc(C(=O)c2ccc(C(=O)OC)cc2O)c1. The average molecular weight is 296 g/mol. The summed E-state index contributed by atoms with van der Waals surface area (Å²) in [7, 11) is 1.26. The molecule has 0 aliphatic heterocycles. The Kier molecular flexibility index (Phi) is 4.73. The lowest BCUT2D eigenvalue weighted by Crippen LogP contribution is -2.05. The minimum absolute atomic E-state index is 0.144. The quantitative estimate of drug-likeness (QED) is 0.693. The third-order valence-electron chi connectivity index (χ3n) is 3.17. The number of rotatable bonds is 4. The van der Waals surface area contributed by atoms with E-state index in [0.29, 0.717) is 5.56 Å². The summed E-state index contributed by atoms with van der Waals surface area (Å²) in [4.78, 5) is 23.9. The normalized spacial score (nSPS) is 10.6. The molecule has 2 rings (SSSR count). The van der Waals surface area contributed by atoms with Gasteiger partial charge < -0.3 is 9.84 Å². The molecule has 0 radical (unpaired) electrons. The number of allylic oxidation sites excluding steroid dienone is 1. The molecule has 0 amide bonds. The van der Waals surface area contributed by atoms with Crippen LogP contribution in [-0.2, 0) is 4.74 Å². The van der Waals surface area contributed by atoms with Gasteiger partial charge in [-0.05, 0) is 36.8 Å². The van der Waals surface area contributed by atoms with Crippen LogP contribution in [0.1, 0.15) is 38.8 Å². The number of methoxy groups -OCH3 is 1. The molecule has 2 aromatic carbocycles. The van der Waals surface area contributed by atoms with Crippen LogP contribution in [-0.4, -0.2) is 24.0 Å². The van der Waals surface area contributed by atoms with Gasteiger partial charge in [-0.25, -0.2) is 4.79 Å². The number of hydrogen-bond acceptors (Lipinski definition) is 4. The Morgan fingerprint density at radius 2 is 1.86 bits per heavy atom. The molecule has 112 valence electrons. The van der Waals surface area contributed by atoms with Crippen LogP contribution in [0.3, 0.4) is 0 Å². The van der Waals surface area contributed by atoms with Gasteiger partial charge in [-0.2, -0.15) is 0 Å². The lowest BCUT2D eigenvalue weighted by atomic mass is 9.99. The fraction of sp³-hybridized carbons (Fsp3) is 0.111. The highest BCUT2D eigenvalue weighted by Crippen LogP contribution is 2.23. The Morgan fingerprint density at radius 1 is 1.09 bits per heavy atom. The summed E-state index contributed by atoms with van der Waals surface area (Å²) < 4.78 is 4.58. The molecule has 0 saturated carbocycles. The van der Waals surface area contributed by atoms with E-state index in [4.69, 9.17) is 0 Å². The van der Waals surface area contributed by atoms with Crippen LogP contribution in [0.4, 0.5) is 0 Å². The van der Waals surface area contributed by atoms with Crippen LogP contribution in [0.25, 0.3) is 6.08 Å². The number of hydrogen-bond donors (Lipinski definition) is 1. The van der Waals surface area contributed by atoms with Gasteiger partial charge in [0.15, 0.2) is 5.78 Å². The number of ketones is 1. The summed E-state index contributed by atoms with van der Waals surface area (Å²) in [5.74, 6) is -1.12. The van der Waals surface area contributed by atoms with Gasteiger partial charge in [-0.3, -0.25) is 4.79 Å². The highest BCUT2D eigenvalue weighted by molar-refractivity contribution is 6.11. The molecule has 0 heterocycles. The molecule has 22 heavy (non-hydrogen) atoms. The zero-order valence-corrected chi connectivity index (χ0v) is 12.4. The van der Waals surface area contributed by atoms with E-state index in [1.165, 1.54) is 25.3 Å². The molecule has 0 unspecified atom stereocenters. The van der Waals surface area contributed by atoms with Crippen molar-refractivity contribution in [3.8, 4) is 5.75 Å². The second-order valence-electron chi connectivity index (χ2n) is 4.68. The minimum atomic E-state index is -0.565. The highest BCUT2D eigenvalue weighted by atomic mass is 16.5. The maximum atomic E-state index is 12.5. The monoisotopic (exact) mass is 296 g/mol. The van der Waals surface area contributed by atoms with Crippen LogP contribution in [0.5, 0.6) is 5.75 Å². The maximum Gasteiger partial charge on any atom is 0.337 e. The average Bonchev–Trinajstić information content (AvgIpc) is 2.54. The molecule has 0 aliphatic rings. The second kappa shape index (κ2) is 6.72. The van der Waals surface area contributed by atoms with Crippen molar-refractivity contribution in [2.45, 2.75) is 6.92 Å². The third kappa shape index (κ3) is 3.23. The first-order chi connectivity index (χ1) is 10.6. The summed E-state index contributed by atoms with van der Waals surface area (Å²) in [6.07, 6.45) is 3.77. The van der Waals surface area contributed by atoms with Gasteiger partial charge in [0.05, 0.1) is 18.2 Å². The first-order valence-corrected chi connectivity index (χ1v) is 6.75. The molecule has 4 heteroatoms. The third-order valence-corrected chi connectivity index (χ3v) is 3.17. The lowest BCUT2D eigenvalue weighted by Gasteiger charge is -2.07. The van der Waals surface area contributed by atoms with Gasteiger partial charge in [0.25, 0.3) is 0 Å². The fourth-order valence-corrected chi connectivity index (χ4v) is 2.10. The predicted octanol–water partition coefficient (Wildman–Crippen LogP) is 3.44. The van der Waals surface area contributed by atoms with Crippen molar-refractivity contribution in [1.82, 2.24) is 0 Å². The van der Waals surface area contributed by atoms with E-state index < -0.39 is 5.97 Å². The Bertz CT molecular complexity index is 745. The molecule has 1 N–H and O–H groups in total. The van der Waals surface area contributed by atoms with Crippen molar-refractivity contribution in [3.05, 3.63) is 70.8 Å². The smallest absolute Gasteiger partial charge is 0.337 e. The van der Waals surface area contributed by atoms with E-state index in [-0.39, 0.29) is 22.7 Å². The fourth-order valence-electron chi connectivity index (χ4n) is 2.10. The molecule has 0 atom stereocenters. The summed E-state index contributed by atoms with van der Waals surface area (Å²) in [5, 5.41) is 10.00. The summed E-state index contributed by atoms with van der Waals surface area (Å²) >= 11 is 0.